The van der Waals surface area contributed by atoms with E-state index in [0.29, 0.717) is 10.2 Å². The Bertz CT molecular complexity index is 570. The highest BCUT2D eigenvalue weighted by molar-refractivity contribution is 9.10. The molecule has 2 rings (SSSR count). The molecule has 1 heterocycles. The van der Waals surface area contributed by atoms with Crippen LogP contribution >= 0.6 is 31.9 Å². The Kier molecular flexibility index (Phi) is 2.04. The monoisotopic (exact) mass is 314 g/mol. The number of halogens is 2. The summed E-state index contributed by atoms with van der Waals surface area (Å²) in [5.41, 5.74) is 1.16. The van der Waals surface area contributed by atoms with E-state index >= 15 is 0 Å². The van der Waals surface area contributed by atoms with Crippen LogP contribution in [0.4, 0.5) is 0 Å². The predicted octanol–water partition coefficient (Wildman–Crippen LogP) is 4.27. The smallest absolute Gasteiger partial charge is 0.0840 e. The van der Waals surface area contributed by atoms with Gasteiger partial charge in [0, 0.05) is 20.7 Å². The Morgan fingerprint density at radius 1 is 1.07 bits per heavy atom. The fraction of sp³-hybridized carbons (Fsp3) is 0. The van der Waals surface area contributed by atoms with Gasteiger partial charge in [-0.15, -0.1) is 0 Å². The molecule has 0 amide bonds. The van der Waals surface area contributed by atoms with E-state index < -0.39 is 0 Å². The third-order valence-corrected chi connectivity index (χ3v) is 2.60. The summed E-state index contributed by atoms with van der Waals surface area (Å²) in [6.45, 7) is 0. The second-order valence-corrected chi connectivity index (χ2v) is 4.35. The Hall–Kier alpha value is -0.670. The maximum Gasteiger partial charge on any atom is 0.0840 e. The Morgan fingerprint density at radius 3 is 2.50 bits per heavy atom. The quantitative estimate of drug-likeness (QED) is 0.765. The number of hydrogen-bond acceptors (Lipinski definition) is 1. The van der Waals surface area contributed by atoms with E-state index in [1.807, 2.05) is 24.3 Å². The third-order valence-electron chi connectivity index (χ3n) is 1.68. The number of rotatable bonds is 1. The van der Waals surface area contributed by atoms with Crippen LogP contribution in [0.25, 0.3) is 11.3 Å². The molecule has 1 aromatic carbocycles. The van der Waals surface area contributed by atoms with Crippen LogP contribution in [0.1, 0.15) is 4.11 Å². The molecular formula is C11H7Br2N. The first-order valence-corrected chi connectivity index (χ1v) is 5.48. The van der Waals surface area contributed by atoms with Gasteiger partial charge in [-0.25, -0.2) is 0 Å². The fourth-order valence-corrected chi connectivity index (χ4v) is 1.58. The molecule has 0 N–H and O–H groups in total. The van der Waals surface area contributed by atoms with Crippen molar-refractivity contribution in [2.24, 2.45) is 0 Å². The summed E-state index contributed by atoms with van der Waals surface area (Å²) in [4.78, 5) is 3.98. The molecule has 1 nitrogen and oxygen atoms in total. The predicted molar refractivity (Wildman–Crippen MR) is 65.1 cm³/mol. The fourth-order valence-electron chi connectivity index (χ4n) is 1.04. The molecule has 2 aromatic rings. The van der Waals surface area contributed by atoms with E-state index in [4.69, 9.17) is 4.11 Å². The minimum absolute atomic E-state index is 0.0594. The average Bonchev–Trinajstić information content (AvgIpc) is 2.32. The first-order valence-electron chi connectivity index (χ1n) is 5.40. The lowest BCUT2D eigenvalue weighted by Gasteiger charge is -2.00. The molecule has 0 bridgehead atoms. The maximum atomic E-state index is 7.90. The number of benzene rings is 1. The Labute approximate surface area is 104 Å². The lowest BCUT2D eigenvalue weighted by Crippen LogP contribution is -1.81. The van der Waals surface area contributed by atoms with E-state index in [-0.39, 0.29) is 18.3 Å². The summed E-state index contributed by atoms with van der Waals surface area (Å²) < 4.78 is 24.3. The summed E-state index contributed by atoms with van der Waals surface area (Å²) in [6, 6.07) is 7.41. The van der Waals surface area contributed by atoms with Crippen molar-refractivity contribution in [2.45, 2.75) is 0 Å². The van der Waals surface area contributed by atoms with Crippen molar-refractivity contribution in [3.63, 3.8) is 0 Å². The molecule has 3 heteroatoms. The summed E-state index contributed by atoms with van der Waals surface area (Å²) in [5.74, 6) is 0. The Balaban J connectivity index is 2.64. The summed E-state index contributed by atoms with van der Waals surface area (Å²) in [6.07, 6.45) is -0.134. The van der Waals surface area contributed by atoms with Crippen molar-refractivity contribution in [3.05, 3.63) is 51.5 Å². The van der Waals surface area contributed by atoms with Gasteiger partial charge in [-0.3, -0.25) is 4.98 Å². The second kappa shape index (κ2) is 4.24. The highest BCUT2D eigenvalue weighted by Gasteiger charge is 1.98. The molecule has 0 unspecified atom stereocenters. The van der Waals surface area contributed by atoms with Crippen molar-refractivity contribution in [1.29, 1.82) is 0 Å². The molecule has 0 spiro atoms. The highest BCUT2D eigenvalue weighted by Crippen LogP contribution is 2.22. The van der Waals surface area contributed by atoms with Crippen LogP contribution in [-0.4, -0.2) is 4.98 Å². The van der Waals surface area contributed by atoms with Crippen molar-refractivity contribution >= 4 is 31.9 Å². The van der Waals surface area contributed by atoms with Crippen LogP contribution in [0.15, 0.2) is 51.5 Å². The highest BCUT2D eigenvalue weighted by atomic mass is 79.9. The van der Waals surface area contributed by atoms with Gasteiger partial charge < -0.3 is 0 Å². The van der Waals surface area contributed by atoms with E-state index in [0.717, 1.165) is 10.0 Å². The van der Waals surface area contributed by atoms with Gasteiger partial charge in [0.15, 0.2) is 0 Å². The zero-order valence-electron chi connectivity index (χ0n) is 10.0. The van der Waals surface area contributed by atoms with Crippen LogP contribution in [0.3, 0.4) is 0 Å². The van der Waals surface area contributed by atoms with Crippen molar-refractivity contribution in [2.75, 3.05) is 0 Å². The number of pyridine rings is 1. The van der Waals surface area contributed by atoms with Crippen LogP contribution in [0.2, 0.25) is 0 Å². The molecule has 0 saturated heterocycles. The van der Waals surface area contributed by atoms with Gasteiger partial charge in [0.25, 0.3) is 0 Å². The van der Waals surface area contributed by atoms with Crippen molar-refractivity contribution in [3.8, 4) is 11.3 Å². The normalized spacial score (nSPS) is 13.1. The molecule has 14 heavy (non-hydrogen) atoms. The average molecular weight is 316 g/mol. The minimum Gasteiger partial charge on any atom is -0.256 e. The maximum absolute atomic E-state index is 7.90. The topological polar surface area (TPSA) is 12.9 Å². The summed E-state index contributed by atoms with van der Waals surface area (Å²) in [5, 5.41) is 0. The molecule has 0 atom stereocenters. The van der Waals surface area contributed by atoms with Gasteiger partial charge in [-0.2, -0.15) is 0 Å². The zero-order chi connectivity index (χ0) is 12.6. The molecule has 0 radical (unpaired) electrons. The molecule has 0 aliphatic heterocycles. The molecule has 70 valence electrons. The molecular weight excluding hydrogens is 306 g/mol. The van der Waals surface area contributed by atoms with E-state index in [2.05, 4.69) is 36.8 Å². The van der Waals surface area contributed by atoms with Gasteiger partial charge in [-0.1, -0.05) is 44.0 Å². The first-order chi connectivity index (χ1) is 8.00. The van der Waals surface area contributed by atoms with Crippen LogP contribution in [0.5, 0.6) is 0 Å². The first kappa shape index (κ1) is 6.75. The lowest BCUT2D eigenvalue weighted by molar-refractivity contribution is 1.31. The van der Waals surface area contributed by atoms with E-state index in [1.165, 1.54) is 0 Å². The summed E-state index contributed by atoms with van der Waals surface area (Å²) in [7, 11) is 0. The largest absolute Gasteiger partial charge is 0.256 e. The van der Waals surface area contributed by atoms with Gasteiger partial charge in [0.1, 0.15) is 0 Å². The Morgan fingerprint density at radius 2 is 1.79 bits per heavy atom. The van der Waals surface area contributed by atoms with E-state index in [9.17, 15) is 0 Å². The number of hydrogen-bond donors (Lipinski definition) is 0. The molecule has 0 fully saturated rings. The van der Waals surface area contributed by atoms with Gasteiger partial charge in [0.2, 0.25) is 0 Å². The van der Waals surface area contributed by atoms with E-state index in [1.54, 1.807) is 0 Å². The standard InChI is InChI=1S/C11H7Br2N/c12-9-3-1-8(2-4-9)11-7-10(13)5-6-14-11/h1-7H/i5D,6D,7D. The molecule has 0 aliphatic rings. The van der Waals surface area contributed by atoms with Crippen molar-refractivity contribution in [1.82, 2.24) is 4.98 Å². The van der Waals surface area contributed by atoms with Crippen molar-refractivity contribution < 1.29 is 4.11 Å². The second-order valence-electron chi connectivity index (χ2n) is 2.64. The zero-order valence-corrected chi connectivity index (χ0v) is 10.2. The van der Waals surface area contributed by atoms with Crippen LogP contribution < -0.4 is 0 Å². The molecule has 0 saturated carbocycles. The minimum atomic E-state index is -0.134. The molecule has 0 aliphatic carbocycles. The number of aromatic nitrogens is 1. The van der Waals surface area contributed by atoms with Crippen LogP contribution in [0, 0.1) is 0 Å². The van der Waals surface area contributed by atoms with Gasteiger partial charge in [0.05, 0.1) is 9.81 Å². The van der Waals surface area contributed by atoms with Gasteiger partial charge in [-0.05, 0) is 24.2 Å². The van der Waals surface area contributed by atoms with Gasteiger partial charge >= 0.3 is 0 Å². The molecule has 1 aromatic heterocycles. The lowest BCUT2D eigenvalue weighted by atomic mass is 10.1. The number of nitrogens with zero attached hydrogens (tertiary/aromatic N) is 1. The third kappa shape index (κ3) is 2.22. The summed E-state index contributed by atoms with van der Waals surface area (Å²) >= 11 is 6.48. The SMILES string of the molecule is [2H]c1nc(-c2ccc(Br)cc2)c([2H])c(Br)c1[2H]. The van der Waals surface area contributed by atoms with Crippen LogP contribution in [-0.2, 0) is 0 Å².